The zero-order valence-electron chi connectivity index (χ0n) is 12.0. The first kappa shape index (κ1) is 13.3. The number of hydrogen-bond donors (Lipinski definition) is 1. The van der Waals surface area contributed by atoms with Crippen molar-refractivity contribution in [1.29, 1.82) is 0 Å². The summed E-state index contributed by atoms with van der Waals surface area (Å²) >= 11 is 0. The maximum Gasteiger partial charge on any atom is 0.123 e. The van der Waals surface area contributed by atoms with Crippen molar-refractivity contribution >= 4 is 0 Å². The summed E-state index contributed by atoms with van der Waals surface area (Å²) in [6, 6.07) is 14.1. The zero-order valence-corrected chi connectivity index (χ0v) is 12.0. The van der Waals surface area contributed by atoms with Crippen LogP contribution in [-0.4, -0.2) is 6.04 Å². The van der Waals surface area contributed by atoms with Crippen molar-refractivity contribution in [1.82, 2.24) is 5.32 Å². The molecule has 1 heterocycles. The summed E-state index contributed by atoms with van der Waals surface area (Å²) < 4.78 is 13.5. The van der Waals surface area contributed by atoms with E-state index in [1.54, 1.807) is 12.1 Å². The van der Waals surface area contributed by atoms with Crippen LogP contribution in [-0.2, 0) is 6.42 Å². The minimum Gasteiger partial charge on any atom is -0.303 e. The topological polar surface area (TPSA) is 12.0 Å². The van der Waals surface area contributed by atoms with Crippen LogP contribution in [0.25, 0.3) is 0 Å². The van der Waals surface area contributed by atoms with Crippen molar-refractivity contribution in [2.75, 3.05) is 0 Å². The first-order valence-corrected chi connectivity index (χ1v) is 7.28. The molecule has 104 valence electrons. The largest absolute Gasteiger partial charge is 0.303 e. The third-order valence-corrected chi connectivity index (χ3v) is 4.16. The van der Waals surface area contributed by atoms with Crippen LogP contribution in [0.1, 0.15) is 41.6 Å². The number of hydrogen-bond acceptors (Lipinski definition) is 1. The van der Waals surface area contributed by atoms with Gasteiger partial charge in [0, 0.05) is 6.04 Å². The molecule has 0 fully saturated rings. The lowest BCUT2D eigenvalue weighted by atomic mass is 9.85. The Morgan fingerprint density at radius 1 is 1.20 bits per heavy atom. The summed E-state index contributed by atoms with van der Waals surface area (Å²) in [6.07, 6.45) is 2.14. The third-order valence-electron chi connectivity index (χ3n) is 4.16. The third kappa shape index (κ3) is 2.48. The van der Waals surface area contributed by atoms with Crippen molar-refractivity contribution in [3.8, 4) is 0 Å². The van der Waals surface area contributed by atoms with E-state index in [9.17, 15) is 4.39 Å². The van der Waals surface area contributed by atoms with Gasteiger partial charge in [-0.1, -0.05) is 42.8 Å². The smallest absolute Gasteiger partial charge is 0.123 e. The maximum atomic E-state index is 13.5. The molecule has 1 nitrogen and oxygen atoms in total. The summed E-state index contributed by atoms with van der Waals surface area (Å²) in [7, 11) is 0. The van der Waals surface area contributed by atoms with E-state index in [0.29, 0.717) is 6.04 Å². The molecule has 2 aromatic carbocycles. The Morgan fingerprint density at radius 2 is 2.05 bits per heavy atom. The van der Waals surface area contributed by atoms with Gasteiger partial charge >= 0.3 is 0 Å². The van der Waals surface area contributed by atoms with Crippen LogP contribution in [0, 0.1) is 12.7 Å². The lowest BCUT2D eigenvalue weighted by Crippen LogP contribution is -2.39. The molecule has 1 N–H and O–H groups in total. The molecular weight excluding hydrogens is 249 g/mol. The highest BCUT2D eigenvalue weighted by atomic mass is 19.1. The fourth-order valence-electron chi connectivity index (χ4n) is 3.04. The van der Waals surface area contributed by atoms with Gasteiger partial charge in [-0.15, -0.1) is 0 Å². The van der Waals surface area contributed by atoms with Gasteiger partial charge < -0.3 is 5.32 Å². The van der Waals surface area contributed by atoms with Crippen molar-refractivity contribution in [2.45, 2.75) is 38.8 Å². The van der Waals surface area contributed by atoms with E-state index in [0.717, 1.165) is 18.4 Å². The number of halogens is 1. The molecule has 2 heteroatoms. The highest BCUT2D eigenvalue weighted by molar-refractivity contribution is 5.42. The maximum absolute atomic E-state index is 13.5. The summed E-state index contributed by atoms with van der Waals surface area (Å²) in [5, 5.41) is 3.66. The van der Waals surface area contributed by atoms with Crippen LogP contribution in [0.3, 0.4) is 0 Å². The van der Waals surface area contributed by atoms with E-state index < -0.39 is 0 Å². The first-order chi connectivity index (χ1) is 9.67. The molecule has 0 amide bonds. The van der Waals surface area contributed by atoms with Gasteiger partial charge in [-0.2, -0.15) is 0 Å². The quantitative estimate of drug-likeness (QED) is 0.863. The van der Waals surface area contributed by atoms with Crippen LogP contribution in [0.15, 0.2) is 42.5 Å². The fraction of sp³-hybridized carbons (Fsp3) is 0.333. The van der Waals surface area contributed by atoms with Crippen LogP contribution in [0.4, 0.5) is 4.39 Å². The molecule has 0 bridgehead atoms. The minimum atomic E-state index is -0.169. The summed E-state index contributed by atoms with van der Waals surface area (Å²) in [6.45, 7) is 4.30. The normalized spacial score (nSPS) is 21.6. The summed E-state index contributed by atoms with van der Waals surface area (Å²) in [5.74, 6) is -0.169. The van der Waals surface area contributed by atoms with Gasteiger partial charge in [-0.05, 0) is 48.6 Å². The van der Waals surface area contributed by atoms with Gasteiger partial charge in [-0.3, -0.25) is 0 Å². The SMILES string of the molecule is CCC1Cc2ccc(C)cc2C(c2cccc(F)c2)N1. The Kier molecular flexibility index (Phi) is 3.58. The van der Waals surface area contributed by atoms with Crippen LogP contribution in [0.2, 0.25) is 0 Å². The Morgan fingerprint density at radius 3 is 2.80 bits per heavy atom. The van der Waals surface area contributed by atoms with Gasteiger partial charge in [0.05, 0.1) is 6.04 Å². The lowest BCUT2D eigenvalue weighted by Gasteiger charge is -2.33. The zero-order chi connectivity index (χ0) is 14.1. The highest BCUT2D eigenvalue weighted by Gasteiger charge is 2.26. The number of aryl methyl sites for hydroxylation is 1. The monoisotopic (exact) mass is 269 g/mol. The molecule has 0 radical (unpaired) electrons. The number of rotatable bonds is 2. The van der Waals surface area contributed by atoms with E-state index in [2.05, 4.69) is 37.4 Å². The van der Waals surface area contributed by atoms with E-state index in [1.807, 2.05) is 6.07 Å². The van der Waals surface area contributed by atoms with Crippen LogP contribution in [0.5, 0.6) is 0 Å². The first-order valence-electron chi connectivity index (χ1n) is 7.28. The minimum absolute atomic E-state index is 0.0966. The Bertz CT molecular complexity index is 621. The molecule has 0 saturated carbocycles. The van der Waals surface area contributed by atoms with E-state index in [4.69, 9.17) is 0 Å². The van der Waals surface area contributed by atoms with Crippen LogP contribution >= 0.6 is 0 Å². The summed E-state index contributed by atoms with van der Waals surface area (Å²) in [4.78, 5) is 0. The molecule has 3 rings (SSSR count). The van der Waals surface area contributed by atoms with Crippen molar-refractivity contribution in [3.63, 3.8) is 0 Å². The standard InChI is InChI=1S/C18H20FN/c1-3-16-11-13-8-7-12(2)9-17(13)18(20-16)14-5-4-6-15(19)10-14/h4-10,16,18,20H,3,11H2,1-2H3. The molecule has 0 spiro atoms. The van der Waals surface area contributed by atoms with Gasteiger partial charge in [0.15, 0.2) is 0 Å². The molecule has 2 unspecified atom stereocenters. The molecule has 2 atom stereocenters. The second-order valence-corrected chi connectivity index (χ2v) is 5.67. The molecule has 0 aromatic heterocycles. The molecule has 2 aromatic rings. The molecule has 0 aliphatic carbocycles. The molecule has 0 saturated heterocycles. The second kappa shape index (κ2) is 5.37. The van der Waals surface area contributed by atoms with Crippen molar-refractivity contribution < 1.29 is 4.39 Å². The molecular formula is C18H20FN. The molecule has 20 heavy (non-hydrogen) atoms. The van der Waals surface area contributed by atoms with E-state index in [-0.39, 0.29) is 11.9 Å². The average molecular weight is 269 g/mol. The highest BCUT2D eigenvalue weighted by Crippen LogP contribution is 2.32. The molecule has 1 aliphatic heterocycles. The number of nitrogens with one attached hydrogen (secondary N) is 1. The predicted molar refractivity (Wildman–Crippen MR) is 80.3 cm³/mol. The Balaban J connectivity index is 2.08. The van der Waals surface area contributed by atoms with E-state index in [1.165, 1.54) is 22.8 Å². The predicted octanol–water partition coefficient (Wildman–Crippen LogP) is 4.15. The van der Waals surface area contributed by atoms with Gasteiger partial charge in [-0.25, -0.2) is 4.39 Å². The fourth-order valence-corrected chi connectivity index (χ4v) is 3.04. The van der Waals surface area contributed by atoms with Crippen molar-refractivity contribution in [3.05, 3.63) is 70.5 Å². The van der Waals surface area contributed by atoms with Gasteiger partial charge in [0.2, 0.25) is 0 Å². The summed E-state index contributed by atoms with van der Waals surface area (Å²) in [5.41, 5.74) is 4.94. The lowest BCUT2D eigenvalue weighted by molar-refractivity contribution is 0.426. The number of benzene rings is 2. The average Bonchev–Trinajstić information content (AvgIpc) is 2.46. The van der Waals surface area contributed by atoms with Gasteiger partial charge in [0.1, 0.15) is 5.82 Å². The van der Waals surface area contributed by atoms with Crippen molar-refractivity contribution in [2.24, 2.45) is 0 Å². The molecule has 1 aliphatic rings. The second-order valence-electron chi connectivity index (χ2n) is 5.67. The van der Waals surface area contributed by atoms with Crippen LogP contribution < -0.4 is 5.32 Å². The van der Waals surface area contributed by atoms with E-state index >= 15 is 0 Å². The number of fused-ring (bicyclic) bond motifs is 1. The van der Waals surface area contributed by atoms with Gasteiger partial charge in [0.25, 0.3) is 0 Å². The Hall–Kier alpha value is -1.67. The Labute approximate surface area is 119 Å².